The molecular weight excluding hydrogens is 681 g/mol. The third-order valence-electron chi connectivity index (χ3n) is 7.56. The fraction of sp³-hybridized carbons (Fsp3) is 0.111. The monoisotopic (exact) mass is 710 g/mol. The van der Waals surface area contributed by atoms with Crippen molar-refractivity contribution in [3.63, 3.8) is 0 Å². The fourth-order valence-electron chi connectivity index (χ4n) is 5.56. The zero-order chi connectivity index (χ0) is 27.2. The first-order valence-electron chi connectivity index (χ1n) is 13.7. The Morgan fingerprint density at radius 2 is 1.51 bits per heavy atom. The van der Waals surface area contributed by atoms with Crippen molar-refractivity contribution in [1.29, 1.82) is 0 Å². The molecule has 7 aromatic rings. The molecule has 0 fully saturated rings. The second kappa shape index (κ2) is 11.0. The van der Waals surface area contributed by atoms with Gasteiger partial charge in [-0.25, -0.2) is 0 Å². The van der Waals surface area contributed by atoms with Crippen LogP contribution in [-0.2, 0) is 20.1 Å². The number of fused-ring (bicyclic) bond motifs is 6. The van der Waals surface area contributed by atoms with Gasteiger partial charge in [0.05, 0.1) is 0 Å². The summed E-state index contributed by atoms with van der Waals surface area (Å²) < 4.78 is 2.41. The molecule has 41 heavy (non-hydrogen) atoms. The molecule has 5 heteroatoms. The van der Waals surface area contributed by atoms with E-state index in [2.05, 4.69) is 125 Å². The summed E-state index contributed by atoms with van der Waals surface area (Å²) in [5.74, 6) is 0. The van der Waals surface area contributed by atoms with Gasteiger partial charge in [-0.15, -0.1) is 41.3 Å². The molecule has 0 bridgehead atoms. The van der Waals surface area contributed by atoms with Gasteiger partial charge in [0.25, 0.3) is 0 Å². The summed E-state index contributed by atoms with van der Waals surface area (Å²) in [7, 11) is 0. The van der Waals surface area contributed by atoms with Crippen LogP contribution in [0.5, 0.6) is 0 Å². The molecule has 0 saturated carbocycles. The number of para-hydroxylation sites is 2. The van der Waals surface area contributed by atoms with E-state index in [4.69, 9.17) is 0 Å². The van der Waals surface area contributed by atoms with Crippen LogP contribution < -0.4 is 4.90 Å². The number of pyridine rings is 1. The minimum Gasteiger partial charge on any atom is -0.506 e. The van der Waals surface area contributed by atoms with Crippen molar-refractivity contribution in [2.45, 2.75) is 26.8 Å². The van der Waals surface area contributed by atoms with E-state index in [1.807, 2.05) is 43.5 Å². The molecule has 4 aromatic carbocycles. The Morgan fingerprint density at radius 3 is 2.20 bits per heavy atom. The first-order chi connectivity index (χ1) is 19.6. The molecule has 4 heterocycles. The summed E-state index contributed by atoms with van der Waals surface area (Å²) in [4.78, 5) is 8.73. The quantitative estimate of drug-likeness (QED) is 0.172. The van der Waals surface area contributed by atoms with Crippen LogP contribution in [0.1, 0.15) is 19.4 Å². The van der Waals surface area contributed by atoms with Crippen LogP contribution in [-0.4, -0.2) is 20.3 Å². The third-order valence-corrected chi connectivity index (χ3v) is 7.56. The second-order valence-electron chi connectivity index (χ2n) is 10.5. The van der Waals surface area contributed by atoms with Crippen molar-refractivity contribution >= 4 is 43.8 Å². The predicted octanol–water partition coefficient (Wildman–Crippen LogP) is 8.61. The summed E-state index contributed by atoms with van der Waals surface area (Å²) in [5.41, 5.74) is 8.11. The molecule has 202 valence electrons. The summed E-state index contributed by atoms with van der Waals surface area (Å²) in [6.07, 6.45) is 6.13. The summed E-state index contributed by atoms with van der Waals surface area (Å²) in [6.45, 7) is 8.59. The minimum absolute atomic E-state index is 0. The summed E-state index contributed by atoms with van der Waals surface area (Å²) in [6, 6.07) is 38.6. The third kappa shape index (κ3) is 4.65. The predicted molar refractivity (Wildman–Crippen MR) is 166 cm³/mol. The van der Waals surface area contributed by atoms with E-state index >= 15 is 0 Å². The molecule has 1 aliphatic heterocycles. The van der Waals surface area contributed by atoms with Gasteiger partial charge in [-0.2, -0.15) is 18.8 Å². The van der Waals surface area contributed by atoms with Gasteiger partial charge in [0, 0.05) is 17.2 Å². The van der Waals surface area contributed by atoms with E-state index in [1.54, 1.807) is 0 Å². The minimum atomic E-state index is 0. The van der Waals surface area contributed by atoms with E-state index in [0.29, 0.717) is 6.04 Å². The number of hydrogen-bond acceptors (Lipinski definition) is 3. The smallest absolute Gasteiger partial charge is 0.506 e. The van der Waals surface area contributed by atoms with Gasteiger partial charge in [0.1, 0.15) is 0 Å². The van der Waals surface area contributed by atoms with Crippen molar-refractivity contribution in [3.05, 3.63) is 134 Å². The zero-order valence-electron chi connectivity index (χ0n) is 23.2. The van der Waals surface area contributed by atoms with Crippen molar-refractivity contribution in [3.8, 4) is 11.3 Å². The van der Waals surface area contributed by atoms with E-state index in [1.165, 1.54) is 43.7 Å². The summed E-state index contributed by atoms with van der Waals surface area (Å²) >= 11 is 0. The number of hydrogen-bond donors (Lipinski definition) is 0. The van der Waals surface area contributed by atoms with Crippen LogP contribution in [0, 0.1) is 25.7 Å². The van der Waals surface area contributed by atoms with Crippen LogP contribution in [0.4, 0.5) is 5.69 Å². The van der Waals surface area contributed by atoms with Crippen molar-refractivity contribution < 1.29 is 20.1 Å². The molecule has 3 aromatic heterocycles. The zero-order valence-corrected chi connectivity index (χ0v) is 25.6. The molecule has 1 aliphatic rings. The first kappa shape index (κ1) is 27.0. The van der Waals surface area contributed by atoms with Gasteiger partial charge in [0.2, 0.25) is 0 Å². The van der Waals surface area contributed by atoms with E-state index in [-0.39, 0.29) is 20.1 Å². The maximum atomic E-state index is 4.32. The molecule has 4 nitrogen and oxygen atoms in total. The molecule has 8 rings (SSSR count). The molecule has 0 amide bonds. The normalized spacial score (nSPS) is 13.0. The van der Waals surface area contributed by atoms with Gasteiger partial charge in [-0.1, -0.05) is 59.6 Å². The summed E-state index contributed by atoms with van der Waals surface area (Å²) in [5, 5.41) is 5.10. The van der Waals surface area contributed by atoms with Crippen molar-refractivity contribution in [2.75, 3.05) is 4.90 Å². The number of benzene rings is 4. The Morgan fingerprint density at radius 1 is 0.780 bits per heavy atom. The van der Waals surface area contributed by atoms with Crippen LogP contribution in [0.3, 0.4) is 0 Å². The molecule has 0 saturated heterocycles. The van der Waals surface area contributed by atoms with E-state index in [0.717, 1.165) is 16.9 Å². The Labute approximate surface area is 254 Å². The molecule has 0 spiro atoms. The van der Waals surface area contributed by atoms with Crippen LogP contribution in [0.15, 0.2) is 110 Å². The first-order valence-corrected chi connectivity index (χ1v) is 13.7. The number of rotatable bonds is 3. The van der Waals surface area contributed by atoms with Crippen LogP contribution in [0.2, 0.25) is 0 Å². The second-order valence-corrected chi connectivity index (χ2v) is 10.5. The molecule has 0 atom stereocenters. The number of nitrogens with zero attached hydrogens (tertiary/aromatic N) is 4. The number of aryl methyl sites for hydroxylation is 1. The number of aromatic nitrogens is 2. The van der Waals surface area contributed by atoms with Crippen molar-refractivity contribution in [2.24, 2.45) is 0 Å². The maximum absolute atomic E-state index is 4.32. The topological polar surface area (TPSA) is 23.8 Å². The van der Waals surface area contributed by atoms with Gasteiger partial charge >= 0.3 is 20.1 Å². The maximum Gasteiger partial charge on any atom is 3.00 e. The Bertz CT molecular complexity index is 1970. The average molecular weight is 710 g/mol. The van der Waals surface area contributed by atoms with Crippen LogP contribution in [0.25, 0.3) is 49.4 Å². The number of anilines is 1. The average Bonchev–Trinajstić information content (AvgIpc) is 3.71. The molecular formula is C36H29IrN4. The van der Waals surface area contributed by atoms with Crippen LogP contribution >= 0.6 is 0 Å². The molecule has 0 unspecified atom stereocenters. The largest absolute Gasteiger partial charge is 3.00 e. The van der Waals surface area contributed by atoms with Gasteiger partial charge in [-0.3, -0.25) is 0 Å². The Kier molecular flexibility index (Phi) is 7.25. The Balaban J connectivity index is 0.000000183. The van der Waals surface area contributed by atoms with Crippen molar-refractivity contribution in [1.82, 2.24) is 14.3 Å². The SMILES string of the molecule is CC(C)N1C=CN(c2[c-]cc3c4ccccc4n4c5ccccc5c2c34)[CH-]1.Cc1ccc(-c2[c-]cccc2)nc1.[Ir+3]. The molecule has 0 radical (unpaired) electrons. The Hall–Kier alpha value is -4.18. The standard InChI is InChI=1S/C24H19N3.C12H10N.Ir/c1-16(2)25-13-14-26(15-25)22-12-11-18-17-7-3-5-9-20(17)27-21-10-6-4-8-19(21)23(22)24(18)27;1-10-7-8-12(13-9-10)11-5-3-2-4-6-11;/h3-11,13-16H,1-2H3;2-5,7-9H,1H3;/q-2;-1;+3. The molecule has 0 N–H and O–H groups in total. The van der Waals surface area contributed by atoms with Gasteiger partial charge in [0.15, 0.2) is 0 Å². The fourth-order valence-corrected chi connectivity index (χ4v) is 5.56. The van der Waals surface area contributed by atoms with E-state index < -0.39 is 0 Å². The van der Waals surface area contributed by atoms with Gasteiger partial charge < -0.3 is 19.2 Å². The van der Waals surface area contributed by atoms with Gasteiger partial charge in [-0.05, 0) is 78.9 Å². The van der Waals surface area contributed by atoms with E-state index in [9.17, 15) is 0 Å². The molecule has 0 aliphatic carbocycles.